The van der Waals surface area contributed by atoms with Crippen LogP contribution in [0.2, 0.25) is 0 Å². The van der Waals surface area contributed by atoms with Crippen LogP contribution in [0.3, 0.4) is 0 Å². The maximum atomic E-state index is 4.15. The van der Waals surface area contributed by atoms with Gasteiger partial charge in [0, 0.05) is 6.04 Å². The number of hydrogen-bond donors (Lipinski definition) is 1. The van der Waals surface area contributed by atoms with Crippen molar-refractivity contribution in [2.45, 2.75) is 38.6 Å². The van der Waals surface area contributed by atoms with E-state index in [9.17, 15) is 0 Å². The van der Waals surface area contributed by atoms with E-state index in [-0.39, 0.29) is 0 Å². The summed E-state index contributed by atoms with van der Waals surface area (Å²) in [4.78, 5) is 0. The van der Waals surface area contributed by atoms with Crippen LogP contribution in [-0.4, -0.2) is 16.2 Å². The third kappa shape index (κ3) is 2.17. The van der Waals surface area contributed by atoms with E-state index in [1.165, 1.54) is 12.8 Å². The lowest BCUT2D eigenvalue weighted by Gasteiger charge is -2.05. The Bertz CT molecular complexity index is 275. The molecule has 1 aliphatic carbocycles. The predicted octanol–water partition coefficient (Wildman–Crippen LogP) is 2.17. The molecule has 1 saturated carbocycles. The van der Waals surface area contributed by atoms with Gasteiger partial charge in [0.05, 0.1) is 5.69 Å². The molecule has 1 aliphatic rings. The molecule has 2 rings (SSSR count). The standard InChI is InChI=1S/C10H15N3/c1-7(2)9-5-6-10(13-12-9)11-8-3-4-8/h5-8H,3-4H2,1-2H3,(H,11,13). The van der Waals surface area contributed by atoms with Crippen molar-refractivity contribution in [3.63, 3.8) is 0 Å². The van der Waals surface area contributed by atoms with Crippen LogP contribution in [-0.2, 0) is 0 Å². The van der Waals surface area contributed by atoms with Gasteiger partial charge in [-0.15, -0.1) is 5.10 Å². The van der Waals surface area contributed by atoms with Gasteiger partial charge < -0.3 is 5.32 Å². The Hall–Kier alpha value is -1.12. The lowest BCUT2D eigenvalue weighted by atomic mass is 10.1. The molecule has 1 aromatic rings. The zero-order valence-corrected chi connectivity index (χ0v) is 8.12. The molecule has 1 fully saturated rings. The Morgan fingerprint density at radius 3 is 2.54 bits per heavy atom. The molecule has 0 atom stereocenters. The molecule has 13 heavy (non-hydrogen) atoms. The van der Waals surface area contributed by atoms with Gasteiger partial charge in [-0.1, -0.05) is 13.8 Å². The number of hydrogen-bond acceptors (Lipinski definition) is 3. The molecule has 1 N–H and O–H groups in total. The summed E-state index contributed by atoms with van der Waals surface area (Å²) in [5, 5.41) is 11.6. The third-order valence-corrected chi connectivity index (χ3v) is 2.21. The average molecular weight is 177 g/mol. The Morgan fingerprint density at radius 2 is 2.08 bits per heavy atom. The third-order valence-electron chi connectivity index (χ3n) is 2.21. The van der Waals surface area contributed by atoms with Gasteiger partial charge in [0.25, 0.3) is 0 Å². The van der Waals surface area contributed by atoms with Gasteiger partial charge in [-0.3, -0.25) is 0 Å². The van der Waals surface area contributed by atoms with Gasteiger partial charge in [-0.2, -0.15) is 5.10 Å². The Balaban J connectivity index is 2.04. The van der Waals surface area contributed by atoms with Crippen LogP contribution < -0.4 is 5.32 Å². The normalized spacial score (nSPS) is 16.2. The maximum absolute atomic E-state index is 4.15. The van der Waals surface area contributed by atoms with Crippen LogP contribution in [0.1, 0.15) is 38.3 Å². The summed E-state index contributed by atoms with van der Waals surface area (Å²) in [6, 6.07) is 4.71. The predicted molar refractivity (Wildman–Crippen MR) is 52.8 cm³/mol. The minimum Gasteiger partial charge on any atom is -0.366 e. The molecule has 0 bridgehead atoms. The van der Waals surface area contributed by atoms with Crippen molar-refractivity contribution in [1.82, 2.24) is 10.2 Å². The molecule has 3 nitrogen and oxygen atoms in total. The molecule has 0 aromatic carbocycles. The monoisotopic (exact) mass is 177 g/mol. The van der Waals surface area contributed by atoms with Gasteiger partial charge in [0.15, 0.2) is 0 Å². The summed E-state index contributed by atoms with van der Waals surface area (Å²) >= 11 is 0. The summed E-state index contributed by atoms with van der Waals surface area (Å²) in [7, 11) is 0. The van der Waals surface area contributed by atoms with Crippen LogP contribution in [0.25, 0.3) is 0 Å². The largest absolute Gasteiger partial charge is 0.366 e. The summed E-state index contributed by atoms with van der Waals surface area (Å²) in [6.07, 6.45) is 2.54. The molecule has 0 saturated heterocycles. The van der Waals surface area contributed by atoms with E-state index in [0.29, 0.717) is 12.0 Å². The first-order chi connectivity index (χ1) is 6.25. The highest BCUT2D eigenvalue weighted by Crippen LogP contribution is 2.23. The van der Waals surface area contributed by atoms with E-state index in [1.54, 1.807) is 0 Å². The number of aromatic nitrogens is 2. The van der Waals surface area contributed by atoms with E-state index in [1.807, 2.05) is 12.1 Å². The molecule has 70 valence electrons. The number of anilines is 1. The second-order valence-corrected chi connectivity index (χ2v) is 3.92. The molecule has 1 aromatic heterocycles. The Labute approximate surface area is 78.6 Å². The highest BCUT2D eigenvalue weighted by atomic mass is 15.2. The minimum atomic E-state index is 0.461. The SMILES string of the molecule is CC(C)c1ccc(NC2CC2)nn1. The molecular weight excluding hydrogens is 162 g/mol. The van der Waals surface area contributed by atoms with Gasteiger partial charge in [-0.25, -0.2) is 0 Å². The van der Waals surface area contributed by atoms with Crippen molar-refractivity contribution in [2.24, 2.45) is 0 Å². The fourth-order valence-electron chi connectivity index (χ4n) is 1.16. The molecule has 1 heterocycles. The van der Waals surface area contributed by atoms with E-state index in [4.69, 9.17) is 0 Å². The van der Waals surface area contributed by atoms with Crippen molar-refractivity contribution in [3.05, 3.63) is 17.8 Å². The first kappa shape index (κ1) is 8.48. The summed E-state index contributed by atoms with van der Waals surface area (Å²) in [5.74, 6) is 1.37. The second kappa shape index (κ2) is 3.32. The number of rotatable bonds is 3. The number of nitrogens with zero attached hydrogens (tertiary/aromatic N) is 2. The number of nitrogens with one attached hydrogen (secondary N) is 1. The van der Waals surface area contributed by atoms with Crippen LogP contribution in [0.5, 0.6) is 0 Å². The molecule has 0 amide bonds. The molecule has 0 aliphatic heterocycles. The van der Waals surface area contributed by atoms with E-state index in [0.717, 1.165) is 11.5 Å². The van der Waals surface area contributed by atoms with Crippen LogP contribution in [0.15, 0.2) is 12.1 Å². The van der Waals surface area contributed by atoms with Crippen molar-refractivity contribution in [3.8, 4) is 0 Å². The van der Waals surface area contributed by atoms with Gasteiger partial charge in [0.1, 0.15) is 5.82 Å². The molecule has 0 spiro atoms. The van der Waals surface area contributed by atoms with Crippen molar-refractivity contribution in [1.29, 1.82) is 0 Å². The van der Waals surface area contributed by atoms with Gasteiger partial charge in [-0.05, 0) is 30.9 Å². The zero-order valence-electron chi connectivity index (χ0n) is 8.12. The van der Waals surface area contributed by atoms with Gasteiger partial charge >= 0.3 is 0 Å². The first-order valence-electron chi connectivity index (χ1n) is 4.86. The van der Waals surface area contributed by atoms with E-state index in [2.05, 4.69) is 29.4 Å². The van der Waals surface area contributed by atoms with Crippen LogP contribution in [0.4, 0.5) is 5.82 Å². The molecule has 3 heteroatoms. The lowest BCUT2D eigenvalue weighted by molar-refractivity contribution is 0.785. The molecule has 0 radical (unpaired) electrons. The van der Waals surface area contributed by atoms with Crippen LogP contribution >= 0.6 is 0 Å². The first-order valence-corrected chi connectivity index (χ1v) is 4.86. The summed E-state index contributed by atoms with van der Waals surface area (Å²) < 4.78 is 0. The fraction of sp³-hybridized carbons (Fsp3) is 0.600. The average Bonchev–Trinajstić information content (AvgIpc) is 2.89. The quantitative estimate of drug-likeness (QED) is 0.769. The van der Waals surface area contributed by atoms with Gasteiger partial charge in [0.2, 0.25) is 0 Å². The van der Waals surface area contributed by atoms with E-state index >= 15 is 0 Å². The summed E-state index contributed by atoms with van der Waals surface area (Å²) in [5.41, 5.74) is 1.06. The summed E-state index contributed by atoms with van der Waals surface area (Å²) in [6.45, 7) is 4.25. The second-order valence-electron chi connectivity index (χ2n) is 3.92. The van der Waals surface area contributed by atoms with Crippen LogP contribution in [0, 0.1) is 0 Å². The minimum absolute atomic E-state index is 0.461. The smallest absolute Gasteiger partial charge is 0.148 e. The lowest BCUT2D eigenvalue weighted by Crippen LogP contribution is -2.05. The van der Waals surface area contributed by atoms with E-state index < -0.39 is 0 Å². The van der Waals surface area contributed by atoms with Crippen molar-refractivity contribution < 1.29 is 0 Å². The Kier molecular flexibility index (Phi) is 2.17. The topological polar surface area (TPSA) is 37.8 Å². The molecular formula is C10H15N3. The zero-order chi connectivity index (χ0) is 9.26. The molecule has 0 unspecified atom stereocenters. The fourth-order valence-corrected chi connectivity index (χ4v) is 1.16. The maximum Gasteiger partial charge on any atom is 0.148 e. The van der Waals surface area contributed by atoms with Crippen molar-refractivity contribution >= 4 is 5.82 Å². The highest BCUT2D eigenvalue weighted by molar-refractivity contribution is 5.36. The Morgan fingerprint density at radius 1 is 1.31 bits per heavy atom. The van der Waals surface area contributed by atoms with Crippen molar-refractivity contribution in [2.75, 3.05) is 5.32 Å². The highest BCUT2D eigenvalue weighted by Gasteiger charge is 2.21.